The highest BCUT2D eigenvalue weighted by atomic mass is 32.2. The summed E-state index contributed by atoms with van der Waals surface area (Å²) in [6, 6.07) is 4.78. The Morgan fingerprint density at radius 1 is 1.20 bits per heavy atom. The predicted molar refractivity (Wildman–Crippen MR) is 119 cm³/mol. The van der Waals surface area contributed by atoms with E-state index in [0.717, 1.165) is 12.5 Å². The van der Waals surface area contributed by atoms with Gasteiger partial charge in [0, 0.05) is 28.3 Å². The summed E-state index contributed by atoms with van der Waals surface area (Å²) in [5.41, 5.74) is 8.11. The molecule has 2 aliphatic carbocycles. The average Bonchev–Trinajstić information content (AvgIpc) is 3.49. The first-order chi connectivity index (χ1) is 16.5. The number of epoxide rings is 1. The topological polar surface area (TPSA) is 125 Å². The Morgan fingerprint density at radius 2 is 1.89 bits per heavy atom. The summed E-state index contributed by atoms with van der Waals surface area (Å²) in [6.45, 7) is 2.65. The Kier molecular flexibility index (Phi) is 5.58. The molecule has 2 aromatic rings. The molecule has 5 rings (SSSR count). The number of benzene rings is 2. The first kappa shape index (κ1) is 23.7. The number of nitrogens with zero attached hydrogens (tertiary/aromatic N) is 3. The van der Waals surface area contributed by atoms with Crippen molar-refractivity contribution in [1.29, 1.82) is 0 Å². The van der Waals surface area contributed by atoms with Crippen LogP contribution in [-0.4, -0.2) is 31.8 Å². The lowest BCUT2D eigenvalue weighted by Gasteiger charge is -2.34. The zero-order valence-electron chi connectivity index (χ0n) is 18.5. The average molecular weight is 507 g/mol. The number of rotatable bonds is 5. The van der Waals surface area contributed by atoms with Gasteiger partial charge in [-0.25, -0.2) is 21.6 Å². The van der Waals surface area contributed by atoms with Gasteiger partial charge in [0.1, 0.15) is 0 Å². The van der Waals surface area contributed by atoms with Crippen molar-refractivity contribution >= 4 is 27.1 Å². The normalized spacial score (nSPS) is 29.0. The quantitative estimate of drug-likeness (QED) is 0.195. The number of carbonyl (C=O) groups is 1. The largest absolute Gasteiger partial charge is 0.370 e. The first-order valence-corrected chi connectivity index (χ1v) is 12.6. The minimum atomic E-state index is -4.02. The van der Waals surface area contributed by atoms with Crippen molar-refractivity contribution in [3.05, 3.63) is 63.8 Å². The highest BCUT2D eigenvalue weighted by Crippen LogP contribution is 2.58. The second-order valence-corrected chi connectivity index (χ2v) is 11.7. The van der Waals surface area contributed by atoms with Crippen LogP contribution in [0.15, 0.2) is 40.3 Å². The zero-order valence-corrected chi connectivity index (χ0v) is 19.4. The van der Waals surface area contributed by atoms with E-state index in [2.05, 4.69) is 15.3 Å². The molecule has 0 aromatic heterocycles. The molecule has 1 N–H and O–H groups in total. The highest BCUT2D eigenvalue weighted by Gasteiger charge is 2.61. The molecule has 2 saturated carbocycles. The molecule has 1 amide bonds. The van der Waals surface area contributed by atoms with Crippen molar-refractivity contribution in [2.24, 2.45) is 22.9 Å². The summed E-state index contributed by atoms with van der Waals surface area (Å²) < 4.78 is 73.7. The predicted octanol–water partition coefficient (Wildman–Crippen LogP) is 5.28. The van der Waals surface area contributed by atoms with Crippen LogP contribution in [0.4, 0.5) is 24.5 Å². The third kappa shape index (κ3) is 4.05. The van der Waals surface area contributed by atoms with E-state index in [1.165, 1.54) is 12.1 Å². The first-order valence-electron chi connectivity index (χ1n) is 11.1. The number of hydrogen-bond donors (Lipinski definition) is 1. The van der Waals surface area contributed by atoms with E-state index in [0.29, 0.717) is 31.6 Å². The zero-order chi connectivity index (χ0) is 25.1. The molecule has 2 aromatic carbocycles. The molecule has 3 aliphatic rings. The SMILES string of the molecule is C[C@H]1CC2C[C@]3(CO3)CC1C2S(=O)(=O)c1cc(C(=O)Nc2cc(F)c(F)c(F)c2)ccc1N=[N+]=[N-]. The molecule has 12 heteroatoms. The van der Waals surface area contributed by atoms with Gasteiger partial charge in [0.15, 0.2) is 27.3 Å². The molecule has 35 heavy (non-hydrogen) atoms. The Labute approximate surface area is 199 Å². The summed E-state index contributed by atoms with van der Waals surface area (Å²) in [4.78, 5) is 15.2. The van der Waals surface area contributed by atoms with Crippen LogP contribution >= 0.6 is 0 Å². The smallest absolute Gasteiger partial charge is 0.255 e. The fourth-order valence-electron chi connectivity index (χ4n) is 5.78. The van der Waals surface area contributed by atoms with Crippen molar-refractivity contribution in [3.8, 4) is 0 Å². The van der Waals surface area contributed by atoms with Gasteiger partial charge in [-0.2, -0.15) is 0 Å². The van der Waals surface area contributed by atoms with Crippen LogP contribution in [0.25, 0.3) is 10.4 Å². The minimum absolute atomic E-state index is 0.127. The van der Waals surface area contributed by atoms with E-state index in [9.17, 15) is 26.4 Å². The van der Waals surface area contributed by atoms with Gasteiger partial charge in [-0.1, -0.05) is 18.1 Å². The number of amides is 1. The maximum absolute atomic E-state index is 13.9. The molecule has 2 bridgehead atoms. The third-order valence-corrected chi connectivity index (χ3v) is 9.76. The molecule has 3 unspecified atom stereocenters. The lowest BCUT2D eigenvalue weighted by Crippen LogP contribution is -2.41. The summed E-state index contributed by atoms with van der Waals surface area (Å²) in [5, 5.41) is 5.04. The van der Waals surface area contributed by atoms with Crippen LogP contribution in [0, 0.1) is 35.2 Å². The van der Waals surface area contributed by atoms with Gasteiger partial charge in [-0.15, -0.1) is 0 Å². The van der Waals surface area contributed by atoms with Gasteiger partial charge >= 0.3 is 0 Å². The number of anilines is 1. The Balaban J connectivity index is 1.50. The second kappa shape index (κ2) is 8.25. The monoisotopic (exact) mass is 506 g/mol. The van der Waals surface area contributed by atoms with Crippen LogP contribution in [0.5, 0.6) is 0 Å². The maximum Gasteiger partial charge on any atom is 0.255 e. The van der Waals surface area contributed by atoms with Gasteiger partial charge < -0.3 is 10.1 Å². The summed E-state index contributed by atoms with van der Waals surface area (Å²) >= 11 is 0. The Hall–Kier alpha value is -3.08. The molecule has 1 aliphatic heterocycles. The van der Waals surface area contributed by atoms with Gasteiger partial charge in [-0.3, -0.25) is 4.79 Å². The van der Waals surface area contributed by atoms with E-state index in [-0.39, 0.29) is 45.2 Å². The molecule has 3 fully saturated rings. The van der Waals surface area contributed by atoms with E-state index >= 15 is 0 Å². The molecular formula is C23H21F3N4O4S. The van der Waals surface area contributed by atoms with E-state index < -0.39 is 38.4 Å². The highest BCUT2D eigenvalue weighted by molar-refractivity contribution is 7.92. The van der Waals surface area contributed by atoms with E-state index in [1.54, 1.807) is 0 Å². The lowest BCUT2D eigenvalue weighted by molar-refractivity contribution is 0.102. The van der Waals surface area contributed by atoms with Crippen molar-refractivity contribution in [2.45, 2.75) is 41.9 Å². The van der Waals surface area contributed by atoms with Crippen molar-refractivity contribution in [1.82, 2.24) is 0 Å². The van der Waals surface area contributed by atoms with Crippen LogP contribution in [0.2, 0.25) is 0 Å². The molecule has 8 nitrogen and oxygen atoms in total. The number of carbonyl (C=O) groups excluding carboxylic acids is 1. The van der Waals surface area contributed by atoms with Crippen molar-refractivity contribution < 1.29 is 31.1 Å². The minimum Gasteiger partial charge on any atom is -0.370 e. The van der Waals surface area contributed by atoms with Crippen LogP contribution in [0.3, 0.4) is 0 Å². The molecule has 1 spiro atoms. The van der Waals surface area contributed by atoms with Crippen LogP contribution in [0.1, 0.15) is 36.5 Å². The molecule has 1 heterocycles. The number of nitrogens with one attached hydrogen (secondary N) is 1. The maximum atomic E-state index is 13.9. The molecule has 5 atom stereocenters. The van der Waals surface area contributed by atoms with Crippen molar-refractivity contribution in [2.75, 3.05) is 11.9 Å². The molecular weight excluding hydrogens is 485 g/mol. The van der Waals surface area contributed by atoms with Crippen molar-refractivity contribution in [3.63, 3.8) is 0 Å². The molecule has 184 valence electrons. The van der Waals surface area contributed by atoms with E-state index in [4.69, 9.17) is 10.3 Å². The fourth-order valence-corrected chi connectivity index (χ4v) is 8.30. The number of halogens is 3. The van der Waals surface area contributed by atoms with Crippen LogP contribution in [-0.2, 0) is 14.6 Å². The number of sulfone groups is 1. The number of ether oxygens (including phenoxy) is 1. The molecule has 1 saturated heterocycles. The number of azide groups is 1. The lowest BCUT2D eigenvalue weighted by atomic mass is 9.79. The standard InChI is InChI=1S/C23H21F3N4O4S/c1-11-4-13-8-23(10-34-23)9-15(11)21(13)35(32,33)19-5-12(2-3-18(19)29-30-27)22(31)28-14-6-16(24)20(26)17(25)7-14/h2-3,5-7,11,13,15,21H,4,8-10H2,1H3,(H,28,31)/t11-,13?,15?,21?,23+/m0/s1. The summed E-state index contributed by atoms with van der Waals surface area (Å²) in [5.74, 6) is -5.61. The second-order valence-electron chi connectivity index (χ2n) is 9.61. The van der Waals surface area contributed by atoms with Gasteiger partial charge in [0.2, 0.25) is 0 Å². The molecule has 0 radical (unpaired) electrons. The van der Waals surface area contributed by atoms with Crippen LogP contribution < -0.4 is 5.32 Å². The van der Waals surface area contributed by atoms with Gasteiger partial charge in [0.25, 0.3) is 5.91 Å². The fraction of sp³-hybridized carbons (Fsp3) is 0.435. The Bertz CT molecular complexity index is 1370. The van der Waals surface area contributed by atoms with E-state index in [1.807, 2.05) is 6.92 Å². The number of hydrogen-bond acceptors (Lipinski definition) is 5. The summed E-state index contributed by atoms with van der Waals surface area (Å²) in [7, 11) is -4.02. The Morgan fingerprint density at radius 3 is 2.49 bits per heavy atom. The van der Waals surface area contributed by atoms with Gasteiger partial charge in [0.05, 0.1) is 28.0 Å². The van der Waals surface area contributed by atoms with Gasteiger partial charge in [-0.05, 0) is 54.7 Å². The summed E-state index contributed by atoms with van der Waals surface area (Å²) in [6.07, 6.45) is 2.00. The third-order valence-electron chi connectivity index (χ3n) is 7.37. The number of fused-ring (bicyclic) bond motifs is 2.